The smallest absolute Gasteiger partial charge is 0.319 e. The van der Waals surface area contributed by atoms with E-state index in [2.05, 4.69) is 10.6 Å². The number of amides is 2. The van der Waals surface area contributed by atoms with Crippen LogP contribution in [0.4, 0.5) is 16.2 Å². The average Bonchev–Trinajstić information content (AvgIpc) is 2.16. The first-order valence-electron chi connectivity index (χ1n) is 3.99. The zero-order chi connectivity index (χ0) is 10.1. The highest BCUT2D eigenvalue weighted by Gasteiger charge is 2.16. The molecular weight excluding hydrogens is 186 g/mol. The molecule has 2 rings (SSSR count). The largest absolute Gasteiger partial charge is 0.334 e. The Balaban J connectivity index is 2.42. The van der Waals surface area contributed by atoms with E-state index in [-0.39, 0.29) is 11.7 Å². The lowest BCUT2D eigenvalue weighted by Crippen LogP contribution is -2.33. The minimum absolute atomic E-state index is 0.0223. The summed E-state index contributed by atoms with van der Waals surface area (Å²) < 4.78 is 0. The lowest BCUT2D eigenvalue weighted by molar-refractivity contribution is -0.384. The molecule has 14 heavy (non-hydrogen) atoms. The van der Waals surface area contributed by atoms with Crippen LogP contribution in [0.5, 0.6) is 0 Å². The summed E-state index contributed by atoms with van der Waals surface area (Å²) in [5.74, 6) is 0. The molecule has 1 aliphatic rings. The predicted molar refractivity (Wildman–Crippen MR) is 49.0 cm³/mol. The highest BCUT2D eigenvalue weighted by atomic mass is 16.6. The molecular formula is C8H7N3O3. The van der Waals surface area contributed by atoms with Gasteiger partial charge in [0, 0.05) is 18.7 Å². The van der Waals surface area contributed by atoms with E-state index in [1.165, 1.54) is 12.1 Å². The Labute approximate surface area is 79.1 Å². The third-order valence-electron chi connectivity index (χ3n) is 1.99. The number of nitrogens with one attached hydrogen (secondary N) is 2. The fourth-order valence-electron chi connectivity index (χ4n) is 1.29. The first kappa shape index (κ1) is 8.49. The Bertz CT molecular complexity index is 416. The van der Waals surface area contributed by atoms with Gasteiger partial charge in [-0.25, -0.2) is 4.79 Å². The molecule has 0 saturated carbocycles. The molecule has 72 valence electrons. The number of benzene rings is 1. The van der Waals surface area contributed by atoms with Crippen LogP contribution in [0, 0.1) is 10.1 Å². The minimum Gasteiger partial charge on any atom is -0.334 e. The van der Waals surface area contributed by atoms with Crippen LogP contribution >= 0.6 is 0 Å². The number of hydrogen-bond acceptors (Lipinski definition) is 3. The minimum atomic E-state index is -0.492. The van der Waals surface area contributed by atoms with Crippen molar-refractivity contribution in [2.45, 2.75) is 6.54 Å². The zero-order valence-electron chi connectivity index (χ0n) is 7.11. The maximum absolute atomic E-state index is 10.9. The molecule has 1 aromatic rings. The van der Waals surface area contributed by atoms with Gasteiger partial charge in [-0.3, -0.25) is 10.1 Å². The fourth-order valence-corrected chi connectivity index (χ4v) is 1.29. The van der Waals surface area contributed by atoms with E-state index in [0.717, 1.165) is 5.56 Å². The van der Waals surface area contributed by atoms with E-state index in [0.29, 0.717) is 12.2 Å². The van der Waals surface area contributed by atoms with Crippen molar-refractivity contribution in [3.05, 3.63) is 33.9 Å². The number of nitrogens with zero attached hydrogens (tertiary/aromatic N) is 1. The van der Waals surface area contributed by atoms with Gasteiger partial charge in [0.15, 0.2) is 0 Å². The van der Waals surface area contributed by atoms with E-state index in [4.69, 9.17) is 0 Å². The van der Waals surface area contributed by atoms with Gasteiger partial charge in [0.05, 0.1) is 10.6 Å². The second-order valence-electron chi connectivity index (χ2n) is 2.91. The molecule has 2 N–H and O–H groups in total. The summed E-state index contributed by atoms with van der Waals surface area (Å²) in [5, 5.41) is 15.5. The van der Waals surface area contributed by atoms with Crippen molar-refractivity contribution in [1.82, 2.24) is 5.32 Å². The van der Waals surface area contributed by atoms with Crippen LogP contribution in [0.25, 0.3) is 0 Å². The van der Waals surface area contributed by atoms with Gasteiger partial charge in [-0.05, 0) is 11.6 Å². The average molecular weight is 193 g/mol. The van der Waals surface area contributed by atoms with Gasteiger partial charge in [-0.15, -0.1) is 0 Å². The number of anilines is 1. The highest BCUT2D eigenvalue weighted by molar-refractivity contribution is 5.92. The van der Waals surface area contributed by atoms with Crippen molar-refractivity contribution in [1.29, 1.82) is 0 Å². The number of carbonyl (C=O) groups excluding carboxylic acids is 1. The van der Waals surface area contributed by atoms with E-state index in [1.54, 1.807) is 6.07 Å². The van der Waals surface area contributed by atoms with Crippen LogP contribution in [0.3, 0.4) is 0 Å². The SMILES string of the molecule is O=C1NCc2ccc([N+](=O)[O-])cc2N1. The van der Waals surface area contributed by atoms with Crippen molar-refractivity contribution in [2.24, 2.45) is 0 Å². The lowest BCUT2D eigenvalue weighted by atomic mass is 10.1. The molecule has 0 saturated heterocycles. The molecule has 2 amide bonds. The number of urea groups is 1. The van der Waals surface area contributed by atoms with Crippen molar-refractivity contribution >= 4 is 17.4 Å². The van der Waals surface area contributed by atoms with Crippen LogP contribution < -0.4 is 10.6 Å². The summed E-state index contributed by atoms with van der Waals surface area (Å²) in [5.41, 5.74) is 1.32. The summed E-state index contributed by atoms with van der Waals surface area (Å²) in [7, 11) is 0. The van der Waals surface area contributed by atoms with Gasteiger partial charge in [-0.1, -0.05) is 0 Å². The van der Waals surface area contributed by atoms with Crippen LogP contribution in [0.15, 0.2) is 18.2 Å². The van der Waals surface area contributed by atoms with Crippen LogP contribution in [-0.4, -0.2) is 11.0 Å². The molecule has 0 atom stereocenters. The monoisotopic (exact) mass is 193 g/mol. The molecule has 6 nitrogen and oxygen atoms in total. The van der Waals surface area contributed by atoms with Crippen LogP contribution in [0.2, 0.25) is 0 Å². The van der Waals surface area contributed by atoms with Crippen molar-refractivity contribution in [2.75, 3.05) is 5.32 Å². The molecule has 0 spiro atoms. The van der Waals surface area contributed by atoms with Crippen LogP contribution in [0.1, 0.15) is 5.56 Å². The first-order valence-corrected chi connectivity index (χ1v) is 3.99. The molecule has 0 radical (unpaired) electrons. The van der Waals surface area contributed by atoms with Gasteiger partial charge in [0.2, 0.25) is 0 Å². The maximum Gasteiger partial charge on any atom is 0.319 e. The first-order chi connectivity index (χ1) is 6.66. The second kappa shape index (κ2) is 2.99. The normalized spacial score (nSPS) is 13.9. The Morgan fingerprint density at radius 2 is 2.21 bits per heavy atom. The Morgan fingerprint density at radius 3 is 2.93 bits per heavy atom. The highest BCUT2D eigenvalue weighted by Crippen LogP contribution is 2.24. The fraction of sp³-hybridized carbons (Fsp3) is 0.125. The number of fused-ring (bicyclic) bond motifs is 1. The third kappa shape index (κ3) is 1.37. The second-order valence-corrected chi connectivity index (χ2v) is 2.91. The Hall–Kier alpha value is -2.11. The molecule has 0 aliphatic carbocycles. The van der Waals surface area contributed by atoms with E-state index in [9.17, 15) is 14.9 Å². The summed E-state index contributed by atoms with van der Waals surface area (Å²) >= 11 is 0. The number of nitro benzene ring substituents is 1. The molecule has 1 aliphatic heterocycles. The van der Waals surface area contributed by atoms with Crippen molar-refractivity contribution in [3.63, 3.8) is 0 Å². The number of non-ortho nitro benzene ring substituents is 1. The standard InChI is InChI=1S/C8H7N3O3/c12-8-9-4-5-1-2-6(11(13)14)3-7(5)10-8/h1-3H,4H2,(H2,9,10,12). The Morgan fingerprint density at radius 1 is 1.43 bits per heavy atom. The zero-order valence-corrected chi connectivity index (χ0v) is 7.11. The van der Waals surface area contributed by atoms with Gasteiger partial charge < -0.3 is 10.6 Å². The van der Waals surface area contributed by atoms with E-state index in [1.807, 2.05) is 0 Å². The molecule has 0 fully saturated rings. The topological polar surface area (TPSA) is 84.3 Å². The van der Waals surface area contributed by atoms with Gasteiger partial charge in [-0.2, -0.15) is 0 Å². The molecule has 1 aromatic carbocycles. The molecule has 0 unspecified atom stereocenters. The summed E-state index contributed by atoms with van der Waals surface area (Å²) in [4.78, 5) is 20.9. The van der Waals surface area contributed by atoms with E-state index >= 15 is 0 Å². The summed E-state index contributed by atoms with van der Waals surface area (Å²) in [6.07, 6.45) is 0. The molecule has 1 heterocycles. The number of carbonyl (C=O) groups is 1. The summed E-state index contributed by atoms with van der Waals surface area (Å²) in [6, 6.07) is 4.06. The quantitative estimate of drug-likeness (QED) is 0.519. The molecule has 6 heteroatoms. The van der Waals surface area contributed by atoms with Crippen LogP contribution in [-0.2, 0) is 6.54 Å². The van der Waals surface area contributed by atoms with Gasteiger partial charge in [0.25, 0.3) is 5.69 Å². The Kier molecular flexibility index (Phi) is 1.81. The number of hydrogen-bond donors (Lipinski definition) is 2. The van der Waals surface area contributed by atoms with E-state index < -0.39 is 4.92 Å². The number of nitro groups is 1. The third-order valence-corrected chi connectivity index (χ3v) is 1.99. The number of rotatable bonds is 1. The van der Waals surface area contributed by atoms with Crippen molar-refractivity contribution in [3.8, 4) is 0 Å². The van der Waals surface area contributed by atoms with Crippen molar-refractivity contribution < 1.29 is 9.72 Å². The summed E-state index contributed by atoms with van der Waals surface area (Å²) in [6.45, 7) is 0.402. The molecule has 0 aromatic heterocycles. The van der Waals surface area contributed by atoms with Gasteiger partial charge in [0.1, 0.15) is 0 Å². The lowest BCUT2D eigenvalue weighted by Gasteiger charge is -2.17. The predicted octanol–water partition coefficient (Wildman–Crippen LogP) is 1.23. The van der Waals surface area contributed by atoms with Gasteiger partial charge >= 0.3 is 6.03 Å². The molecule has 0 bridgehead atoms. The maximum atomic E-state index is 10.9.